The maximum atomic E-state index is 8.45. The molecule has 3 N–H and O–H groups in total. The fraction of sp³-hybridized carbons (Fsp3) is 0.222. The molecule has 0 atom stereocenters. The molecule has 84 valence electrons. The smallest absolute Gasteiger partial charge is 0.219 e. The van der Waals surface area contributed by atoms with Crippen LogP contribution >= 0.6 is 11.3 Å². The van der Waals surface area contributed by atoms with Gasteiger partial charge in [-0.15, -0.1) is 5.10 Å². The first kappa shape index (κ1) is 10.6. The summed E-state index contributed by atoms with van der Waals surface area (Å²) < 4.78 is 1.67. The quantitative estimate of drug-likeness (QED) is 0.354. The number of nitrogens with zero attached hydrogens (tertiary/aromatic N) is 4. The lowest BCUT2D eigenvalue weighted by Crippen LogP contribution is -2.15. The number of nitrogens with two attached hydrogens (primary N) is 1. The number of amidine groups is 1. The molecule has 0 aliphatic heterocycles. The van der Waals surface area contributed by atoms with Crippen molar-refractivity contribution in [3.63, 3.8) is 0 Å². The lowest BCUT2D eigenvalue weighted by atomic mass is 10.2. The van der Waals surface area contributed by atoms with Crippen molar-refractivity contribution in [2.24, 2.45) is 10.9 Å². The van der Waals surface area contributed by atoms with Crippen LogP contribution in [0.25, 0.3) is 0 Å². The van der Waals surface area contributed by atoms with E-state index >= 15 is 0 Å². The highest BCUT2D eigenvalue weighted by molar-refractivity contribution is 7.07. The number of oxime groups is 1. The Hall–Kier alpha value is -1.89. The van der Waals surface area contributed by atoms with Gasteiger partial charge < -0.3 is 10.9 Å². The molecule has 2 aromatic rings. The third-order valence-corrected chi connectivity index (χ3v) is 2.82. The predicted molar refractivity (Wildman–Crippen MR) is 60.6 cm³/mol. The Labute approximate surface area is 96.0 Å². The molecule has 16 heavy (non-hydrogen) atoms. The molecule has 2 rings (SSSR count). The van der Waals surface area contributed by atoms with E-state index < -0.39 is 0 Å². The van der Waals surface area contributed by atoms with Gasteiger partial charge in [0.2, 0.25) is 11.7 Å². The minimum absolute atomic E-state index is 0.0747. The summed E-state index contributed by atoms with van der Waals surface area (Å²) >= 11 is 1.67. The Kier molecular flexibility index (Phi) is 3.16. The van der Waals surface area contributed by atoms with Crippen molar-refractivity contribution < 1.29 is 5.21 Å². The molecule has 6 nitrogen and oxygen atoms in total. The van der Waals surface area contributed by atoms with Crippen molar-refractivity contribution in [3.8, 4) is 0 Å². The molecule has 0 aromatic carbocycles. The molecular weight excluding hydrogens is 226 g/mol. The molecular formula is C9H11N5OS. The minimum atomic E-state index is -0.0747. The molecule has 0 radical (unpaired) electrons. The summed E-state index contributed by atoms with van der Waals surface area (Å²) in [4.78, 5) is 3.93. The van der Waals surface area contributed by atoms with E-state index in [0.717, 1.165) is 13.0 Å². The first-order valence-electron chi connectivity index (χ1n) is 4.68. The van der Waals surface area contributed by atoms with E-state index in [4.69, 9.17) is 10.9 Å². The summed E-state index contributed by atoms with van der Waals surface area (Å²) in [6.45, 7) is 0.725. The molecule has 0 spiro atoms. The van der Waals surface area contributed by atoms with E-state index in [1.54, 1.807) is 22.3 Å². The van der Waals surface area contributed by atoms with Crippen LogP contribution in [0.4, 0.5) is 0 Å². The Morgan fingerprint density at radius 3 is 3.19 bits per heavy atom. The summed E-state index contributed by atoms with van der Waals surface area (Å²) in [5.41, 5.74) is 6.63. The van der Waals surface area contributed by atoms with Crippen molar-refractivity contribution in [3.05, 3.63) is 34.5 Å². The van der Waals surface area contributed by atoms with Gasteiger partial charge in [0.1, 0.15) is 6.33 Å². The van der Waals surface area contributed by atoms with Crippen LogP contribution in [0.1, 0.15) is 11.4 Å². The van der Waals surface area contributed by atoms with Crippen LogP contribution < -0.4 is 5.73 Å². The molecule has 0 saturated heterocycles. The normalized spacial score (nSPS) is 11.9. The van der Waals surface area contributed by atoms with Crippen molar-refractivity contribution in [2.75, 3.05) is 0 Å². The van der Waals surface area contributed by atoms with Gasteiger partial charge >= 0.3 is 0 Å². The van der Waals surface area contributed by atoms with Gasteiger partial charge in [0.05, 0.1) is 0 Å². The van der Waals surface area contributed by atoms with Crippen LogP contribution in [0, 0.1) is 0 Å². The van der Waals surface area contributed by atoms with Gasteiger partial charge in [-0.25, -0.2) is 4.98 Å². The highest BCUT2D eigenvalue weighted by Crippen LogP contribution is 2.07. The molecule has 0 fully saturated rings. The summed E-state index contributed by atoms with van der Waals surface area (Å²) in [7, 11) is 0. The van der Waals surface area contributed by atoms with E-state index in [9.17, 15) is 0 Å². The molecule has 0 saturated carbocycles. The maximum absolute atomic E-state index is 8.45. The second-order valence-corrected chi connectivity index (χ2v) is 3.98. The third kappa shape index (κ3) is 2.37. The van der Waals surface area contributed by atoms with Crippen LogP contribution in [-0.2, 0) is 13.0 Å². The second-order valence-electron chi connectivity index (χ2n) is 3.20. The molecule has 0 aliphatic rings. The highest BCUT2D eigenvalue weighted by atomic mass is 32.1. The molecule has 0 amide bonds. The summed E-state index contributed by atoms with van der Waals surface area (Å²) in [6, 6.07) is 2.08. The van der Waals surface area contributed by atoms with E-state index in [0.29, 0.717) is 0 Å². The van der Waals surface area contributed by atoms with Crippen molar-refractivity contribution in [1.29, 1.82) is 0 Å². The SMILES string of the molecule is NC(=NO)c1ncn(CCc2ccsc2)n1. The summed E-state index contributed by atoms with van der Waals surface area (Å²) in [5, 5.41) is 19.5. The Balaban J connectivity index is 1.98. The van der Waals surface area contributed by atoms with Crippen molar-refractivity contribution in [1.82, 2.24) is 14.8 Å². The summed E-state index contributed by atoms with van der Waals surface area (Å²) in [6.07, 6.45) is 2.46. The number of hydrogen-bond acceptors (Lipinski definition) is 5. The van der Waals surface area contributed by atoms with E-state index in [-0.39, 0.29) is 11.7 Å². The largest absolute Gasteiger partial charge is 0.409 e. The van der Waals surface area contributed by atoms with Gasteiger partial charge in [-0.2, -0.15) is 11.3 Å². The van der Waals surface area contributed by atoms with Crippen molar-refractivity contribution in [2.45, 2.75) is 13.0 Å². The van der Waals surface area contributed by atoms with Crippen LogP contribution in [0.15, 0.2) is 28.3 Å². The number of thiophene rings is 1. The lowest BCUT2D eigenvalue weighted by Gasteiger charge is -1.97. The zero-order chi connectivity index (χ0) is 11.4. The molecule has 2 heterocycles. The standard InChI is InChI=1S/C9H11N5OS/c10-8(13-15)9-11-6-14(12-9)3-1-7-2-4-16-5-7/h2,4-6,15H,1,3H2,(H2,10,13). The average Bonchev–Trinajstić information content (AvgIpc) is 2.96. The third-order valence-electron chi connectivity index (χ3n) is 2.08. The first-order chi connectivity index (χ1) is 7.79. The molecule has 7 heteroatoms. The number of aryl methyl sites for hydroxylation is 2. The van der Waals surface area contributed by atoms with Gasteiger partial charge in [0, 0.05) is 6.54 Å². The van der Waals surface area contributed by atoms with Crippen LogP contribution in [0.5, 0.6) is 0 Å². The fourth-order valence-electron chi connectivity index (χ4n) is 1.24. The zero-order valence-corrected chi connectivity index (χ0v) is 9.26. The second kappa shape index (κ2) is 4.75. The van der Waals surface area contributed by atoms with Crippen LogP contribution in [0.2, 0.25) is 0 Å². The van der Waals surface area contributed by atoms with Gasteiger partial charge in [-0.05, 0) is 28.8 Å². The van der Waals surface area contributed by atoms with Crippen LogP contribution in [0.3, 0.4) is 0 Å². The summed E-state index contributed by atoms with van der Waals surface area (Å²) in [5.74, 6) is 0.169. The highest BCUT2D eigenvalue weighted by Gasteiger charge is 2.05. The molecule has 2 aromatic heterocycles. The van der Waals surface area contributed by atoms with E-state index in [1.807, 2.05) is 5.38 Å². The first-order valence-corrected chi connectivity index (χ1v) is 5.62. The molecule has 0 aliphatic carbocycles. The Bertz CT molecular complexity index is 476. The van der Waals surface area contributed by atoms with Gasteiger partial charge in [0.15, 0.2) is 0 Å². The van der Waals surface area contributed by atoms with E-state index in [2.05, 4.69) is 26.7 Å². The maximum Gasteiger partial charge on any atom is 0.219 e. The average molecular weight is 237 g/mol. The van der Waals surface area contributed by atoms with E-state index in [1.165, 1.54) is 5.56 Å². The molecule has 0 unspecified atom stereocenters. The lowest BCUT2D eigenvalue weighted by molar-refractivity contribution is 0.318. The minimum Gasteiger partial charge on any atom is -0.409 e. The van der Waals surface area contributed by atoms with Crippen LogP contribution in [-0.4, -0.2) is 25.8 Å². The predicted octanol–water partition coefficient (Wildman–Crippen LogP) is 0.677. The van der Waals surface area contributed by atoms with Gasteiger partial charge in [0.25, 0.3) is 0 Å². The topological polar surface area (TPSA) is 89.3 Å². The number of rotatable bonds is 4. The Morgan fingerprint density at radius 1 is 1.62 bits per heavy atom. The van der Waals surface area contributed by atoms with Gasteiger partial charge in [-0.1, -0.05) is 5.16 Å². The Morgan fingerprint density at radius 2 is 2.50 bits per heavy atom. The zero-order valence-electron chi connectivity index (χ0n) is 8.45. The number of aromatic nitrogens is 3. The fourth-order valence-corrected chi connectivity index (χ4v) is 1.95. The van der Waals surface area contributed by atoms with Crippen molar-refractivity contribution >= 4 is 17.2 Å². The number of hydrogen-bond donors (Lipinski definition) is 2. The molecule has 0 bridgehead atoms. The van der Waals surface area contributed by atoms with Gasteiger partial charge in [-0.3, -0.25) is 4.68 Å². The monoisotopic (exact) mass is 237 g/mol.